The fourth-order valence-corrected chi connectivity index (χ4v) is 4.86. The summed E-state index contributed by atoms with van der Waals surface area (Å²) in [6.45, 7) is 4.08. The highest BCUT2D eigenvalue weighted by Gasteiger charge is 2.23. The molecule has 0 amide bonds. The average molecular weight is 319 g/mol. The van der Waals surface area contributed by atoms with E-state index in [9.17, 15) is 8.42 Å². The molecule has 1 rings (SSSR count). The topological polar surface area (TPSA) is 52.7 Å². The molecule has 0 spiro atoms. The zero-order chi connectivity index (χ0) is 15.3. The summed E-state index contributed by atoms with van der Waals surface area (Å²) in [4.78, 5) is 3.13. The lowest BCUT2D eigenvalue weighted by molar-refractivity contribution is 0.370. The molecule has 1 heterocycles. The van der Waals surface area contributed by atoms with Crippen LogP contribution in [0.5, 0.6) is 0 Å². The molecule has 1 aromatic rings. The Morgan fingerprint density at radius 1 is 1.25 bits per heavy atom. The van der Waals surface area contributed by atoms with Crippen LogP contribution in [0.25, 0.3) is 0 Å². The number of nitrogens with zero attached hydrogens (tertiary/aromatic N) is 2. The number of nitrogens with one attached hydrogen (secondary N) is 1. The highest BCUT2D eigenvalue weighted by Crippen LogP contribution is 2.28. The van der Waals surface area contributed by atoms with Crippen molar-refractivity contribution in [3.63, 3.8) is 0 Å². The number of aryl methyl sites for hydroxylation is 1. The Morgan fingerprint density at radius 2 is 1.90 bits per heavy atom. The molecule has 0 fully saturated rings. The lowest BCUT2D eigenvalue weighted by atomic mass is 10.3. The third-order valence-corrected chi connectivity index (χ3v) is 6.62. The van der Waals surface area contributed by atoms with Crippen LogP contribution in [0.4, 0.5) is 0 Å². The number of thiophene rings is 1. The van der Waals surface area contributed by atoms with Gasteiger partial charge in [-0.1, -0.05) is 0 Å². The molecule has 0 bridgehead atoms. The van der Waals surface area contributed by atoms with Crippen LogP contribution < -0.4 is 5.32 Å². The first kappa shape index (κ1) is 17.6. The van der Waals surface area contributed by atoms with Crippen LogP contribution in [0, 0.1) is 6.92 Å². The Bertz CT molecular complexity index is 524. The SMILES string of the molecule is CNCc1sc(S(=O)(=O)N(C)CCCN(C)C)cc1C. The largest absolute Gasteiger partial charge is 0.315 e. The van der Waals surface area contributed by atoms with Crippen molar-refractivity contribution in [1.29, 1.82) is 0 Å². The number of sulfonamides is 1. The smallest absolute Gasteiger partial charge is 0.252 e. The van der Waals surface area contributed by atoms with Crippen molar-refractivity contribution in [3.05, 3.63) is 16.5 Å². The molecule has 7 heteroatoms. The molecule has 0 radical (unpaired) electrons. The number of hydrogen-bond donors (Lipinski definition) is 1. The van der Waals surface area contributed by atoms with Crippen molar-refractivity contribution in [2.24, 2.45) is 0 Å². The molecule has 20 heavy (non-hydrogen) atoms. The van der Waals surface area contributed by atoms with E-state index in [2.05, 4.69) is 10.2 Å². The molecule has 0 unspecified atom stereocenters. The van der Waals surface area contributed by atoms with Gasteiger partial charge in [0.2, 0.25) is 0 Å². The molecule has 0 aliphatic heterocycles. The molecule has 0 saturated heterocycles. The second-order valence-corrected chi connectivity index (χ2v) is 8.59. The van der Waals surface area contributed by atoms with Gasteiger partial charge in [-0.3, -0.25) is 0 Å². The van der Waals surface area contributed by atoms with Gasteiger partial charge in [0.1, 0.15) is 4.21 Å². The van der Waals surface area contributed by atoms with E-state index in [1.807, 2.05) is 28.1 Å². The van der Waals surface area contributed by atoms with Crippen LogP contribution in [-0.4, -0.2) is 58.9 Å². The Morgan fingerprint density at radius 3 is 2.45 bits per heavy atom. The maximum absolute atomic E-state index is 12.5. The van der Waals surface area contributed by atoms with Crippen LogP contribution in [0.3, 0.4) is 0 Å². The Kier molecular flexibility index (Phi) is 6.60. The van der Waals surface area contributed by atoms with Crippen LogP contribution in [0.2, 0.25) is 0 Å². The Labute approximate surface area is 126 Å². The molecule has 0 aliphatic carbocycles. The van der Waals surface area contributed by atoms with E-state index in [4.69, 9.17) is 0 Å². The predicted molar refractivity (Wildman–Crippen MR) is 84.8 cm³/mol. The highest BCUT2D eigenvalue weighted by atomic mass is 32.2. The van der Waals surface area contributed by atoms with E-state index < -0.39 is 10.0 Å². The van der Waals surface area contributed by atoms with Crippen LogP contribution >= 0.6 is 11.3 Å². The van der Waals surface area contributed by atoms with Crippen molar-refractivity contribution in [3.8, 4) is 0 Å². The van der Waals surface area contributed by atoms with Crippen molar-refractivity contribution in [1.82, 2.24) is 14.5 Å². The first-order chi connectivity index (χ1) is 9.28. The summed E-state index contributed by atoms with van der Waals surface area (Å²) in [5.41, 5.74) is 1.03. The zero-order valence-electron chi connectivity index (χ0n) is 12.9. The van der Waals surface area contributed by atoms with Gasteiger partial charge in [-0.2, -0.15) is 0 Å². The minimum absolute atomic E-state index is 0.438. The van der Waals surface area contributed by atoms with E-state index in [-0.39, 0.29) is 0 Å². The normalized spacial score (nSPS) is 12.6. The lowest BCUT2D eigenvalue weighted by Crippen LogP contribution is -2.29. The van der Waals surface area contributed by atoms with Gasteiger partial charge >= 0.3 is 0 Å². The van der Waals surface area contributed by atoms with Gasteiger partial charge in [-0.25, -0.2) is 12.7 Å². The molecular weight excluding hydrogens is 294 g/mol. The van der Waals surface area contributed by atoms with Gasteiger partial charge in [0, 0.05) is 25.0 Å². The van der Waals surface area contributed by atoms with Gasteiger partial charge in [-0.05, 0) is 52.7 Å². The predicted octanol–water partition coefficient (Wildman–Crippen LogP) is 1.35. The highest BCUT2D eigenvalue weighted by molar-refractivity contribution is 7.91. The Balaban J connectivity index is 2.79. The van der Waals surface area contributed by atoms with Gasteiger partial charge in [0.15, 0.2) is 0 Å². The summed E-state index contributed by atoms with van der Waals surface area (Å²) in [6, 6.07) is 1.77. The fourth-order valence-electron chi connectivity index (χ4n) is 1.84. The van der Waals surface area contributed by atoms with E-state index in [0.29, 0.717) is 17.3 Å². The lowest BCUT2D eigenvalue weighted by Gasteiger charge is -2.17. The van der Waals surface area contributed by atoms with Crippen LogP contribution in [0.15, 0.2) is 10.3 Å². The molecule has 1 N–H and O–H groups in total. The summed E-state index contributed by atoms with van der Waals surface area (Å²) in [5.74, 6) is 0. The van der Waals surface area contributed by atoms with Crippen molar-refractivity contribution >= 4 is 21.4 Å². The number of rotatable bonds is 8. The second-order valence-electron chi connectivity index (χ2n) is 5.19. The minimum atomic E-state index is -3.35. The maximum Gasteiger partial charge on any atom is 0.252 e. The maximum atomic E-state index is 12.5. The molecular formula is C13H25N3O2S2. The van der Waals surface area contributed by atoms with Gasteiger partial charge in [-0.15, -0.1) is 11.3 Å². The second kappa shape index (κ2) is 7.51. The quantitative estimate of drug-likeness (QED) is 0.786. The molecule has 116 valence electrons. The summed E-state index contributed by atoms with van der Waals surface area (Å²) in [7, 11) is 4.14. The van der Waals surface area contributed by atoms with Gasteiger partial charge in [0.25, 0.3) is 10.0 Å². The van der Waals surface area contributed by atoms with E-state index in [1.165, 1.54) is 15.6 Å². The number of hydrogen-bond acceptors (Lipinski definition) is 5. The molecule has 5 nitrogen and oxygen atoms in total. The summed E-state index contributed by atoms with van der Waals surface area (Å²) in [5, 5.41) is 3.06. The summed E-state index contributed by atoms with van der Waals surface area (Å²) >= 11 is 1.36. The molecule has 1 aromatic heterocycles. The molecule has 0 aliphatic rings. The van der Waals surface area contributed by atoms with Crippen LogP contribution in [-0.2, 0) is 16.6 Å². The third-order valence-electron chi connectivity index (χ3n) is 3.08. The van der Waals surface area contributed by atoms with Crippen LogP contribution in [0.1, 0.15) is 16.9 Å². The first-order valence-electron chi connectivity index (χ1n) is 6.64. The van der Waals surface area contributed by atoms with Crippen molar-refractivity contribution < 1.29 is 8.42 Å². The van der Waals surface area contributed by atoms with E-state index in [0.717, 1.165) is 23.4 Å². The van der Waals surface area contributed by atoms with Crippen molar-refractivity contribution in [2.45, 2.75) is 24.1 Å². The third kappa shape index (κ3) is 4.53. The molecule has 0 saturated carbocycles. The zero-order valence-corrected chi connectivity index (χ0v) is 14.6. The monoisotopic (exact) mass is 319 g/mol. The van der Waals surface area contributed by atoms with Crippen molar-refractivity contribution in [2.75, 3.05) is 41.3 Å². The van der Waals surface area contributed by atoms with Gasteiger partial charge < -0.3 is 10.2 Å². The van der Waals surface area contributed by atoms with Gasteiger partial charge in [0.05, 0.1) is 0 Å². The molecule has 0 atom stereocenters. The minimum Gasteiger partial charge on any atom is -0.315 e. The van der Waals surface area contributed by atoms with E-state index in [1.54, 1.807) is 13.1 Å². The fraction of sp³-hybridized carbons (Fsp3) is 0.692. The average Bonchev–Trinajstić information content (AvgIpc) is 2.71. The standard InChI is InChI=1S/C13H25N3O2S2/c1-11-9-13(19-12(11)10-14-2)20(17,18)16(5)8-6-7-15(3)4/h9,14H,6-8,10H2,1-5H3. The van der Waals surface area contributed by atoms with E-state index >= 15 is 0 Å². The molecule has 0 aromatic carbocycles. The summed E-state index contributed by atoms with van der Waals surface area (Å²) < 4.78 is 26.8. The Hall–Kier alpha value is -0.470. The summed E-state index contributed by atoms with van der Waals surface area (Å²) in [6.07, 6.45) is 0.830. The first-order valence-corrected chi connectivity index (χ1v) is 8.89.